The molecule has 6 heteroatoms. The van der Waals surface area contributed by atoms with Crippen LogP contribution < -0.4 is 10.9 Å². The molecule has 1 aromatic heterocycles. The highest BCUT2D eigenvalue weighted by Gasteiger charge is 2.08. The number of nitrogens with one attached hydrogen (secondary N) is 1. The summed E-state index contributed by atoms with van der Waals surface area (Å²) in [5.74, 6) is 0.149. The van der Waals surface area contributed by atoms with Gasteiger partial charge >= 0.3 is 0 Å². The molecule has 0 saturated carbocycles. The molecule has 0 atom stereocenters. The van der Waals surface area contributed by atoms with E-state index in [9.17, 15) is 9.59 Å². The van der Waals surface area contributed by atoms with E-state index in [2.05, 4.69) is 10.3 Å². The number of aromatic nitrogens is 2. The van der Waals surface area contributed by atoms with E-state index in [1.54, 1.807) is 14.0 Å². The van der Waals surface area contributed by atoms with Gasteiger partial charge in [0.05, 0.1) is 5.75 Å². The van der Waals surface area contributed by atoms with E-state index in [1.165, 1.54) is 22.4 Å². The number of hydrogen-bond acceptors (Lipinski definition) is 4. The minimum Gasteiger partial charge on any atom is -0.351 e. The minimum absolute atomic E-state index is 0.0837. The van der Waals surface area contributed by atoms with Crippen LogP contribution in [0.5, 0.6) is 0 Å². The number of hydrogen-bond donors (Lipinski definition) is 1. The van der Waals surface area contributed by atoms with Gasteiger partial charge in [-0.3, -0.25) is 14.2 Å². The maximum absolute atomic E-state index is 11.8. The van der Waals surface area contributed by atoms with Crippen LogP contribution >= 0.6 is 11.8 Å². The zero-order valence-electron chi connectivity index (χ0n) is 12.0. The molecule has 0 radical (unpaired) electrons. The Bertz CT molecular complexity index is 683. The molecular formula is C15H17N3O2S. The minimum atomic E-state index is -0.116. The summed E-state index contributed by atoms with van der Waals surface area (Å²) in [6.45, 7) is 2.27. The molecule has 0 saturated heterocycles. The second-order valence-corrected chi connectivity index (χ2v) is 5.57. The first-order chi connectivity index (χ1) is 10.1. The van der Waals surface area contributed by atoms with Gasteiger partial charge in [-0.15, -0.1) is 0 Å². The zero-order chi connectivity index (χ0) is 15.2. The highest BCUT2D eigenvalue weighted by Crippen LogP contribution is 2.12. The molecule has 2 aromatic rings. The molecule has 0 bridgehead atoms. The van der Waals surface area contributed by atoms with Crippen molar-refractivity contribution in [3.05, 3.63) is 58.0 Å². The number of amides is 1. The molecule has 0 aliphatic heterocycles. The van der Waals surface area contributed by atoms with Crippen LogP contribution in [0.15, 0.2) is 46.3 Å². The maximum atomic E-state index is 11.8. The molecular weight excluding hydrogens is 286 g/mol. The quantitative estimate of drug-likeness (QED) is 0.671. The van der Waals surface area contributed by atoms with E-state index in [4.69, 9.17) is 0 Å². The van der Waals surface area contributed by atoms with Gasteiger partial charge in [0.1, 0.15) is 0 Å². The normalized spacial score (nSPS) is 10.4. The lowest BCUT2D eigenvalue weighted by atomic mass is 10.2. The molecule has 0 aliphatic rings. The summed E-state index contributed by atoms with van der Waals surface area (Å²) in [6.07, 6.45) is 0. The van der Waals surface area contributed by atoms with E-state index < -0.39 is 0 Å². The lowest BCUT2D eigenvalue weighted by molar-refractivity contribution is -0.118. The number of carbonyl (C=O) groups excluding carboxylic acids is 1. The summed E-state index contributed by atoms with van der Waals surface area (Å²) in [6, 6.07) is 11.2. The van der Waals surface area contributed by atoms with Crippen molar-refractivity contribution in [2.45, 2.75) is 18.6 Å². The Morgan fingerprint density at radius 1 is 1.33 bits per heavy atom. The predicted octanol–water partition coefficient (Wildman–Crippen LogP) is 1.50. The summed E-state index contributed by atoms with van der Waals surface area (Å²) in [7, 11) is 1.65. The number of aryl methyl sites for hydroxylation is 1. The van der Waals surface area contributed by atoms with Crippen molar-refractivity contribution in [2.75, 3.05) is 5.75 Å². The smallest absolute Gasteiger partial charge is 0.254 e. The number of benzene rings is 1. The van der Waals surface area contributed by atoms with Crippen molar-refractivity contribution in [1.82, 2.24) is 14.9 Å². The van der Waals surface area contributed by atoms with E-state index in [1.807, 2.05) is 30.3 Å². The Morgan fingerprint density at radius 2 is 2.05 bits per heavy atom. The first-order valence-electron chi connectivity index (χ1n) is 6.54. The van der Waals surface area contributed by atoms with E-state index in [-0.39, 0.29) is 17.2 Å². The van der Waals surface area contributed by atoms with Crippen molar-refractivity contribution < 1.29 is 4.79 Å². The maximum Gasteiger partial charge on any atom is 0.254 e. The molecule has 2 rings (SSSR count). The fourth-order valence-electron chi connectivity index (χ4n) is 1.73. The van der Waals surface area contributed by atoms with Crippen LogP contribution in [0.4, 0.5) is 0 Å². The van der Waals surface area contributed by atoms with E-state index >= 15 is 0 Å². The van der Waals surface area contributed by atoms with E-state index in [0.717, 1.165) is 5.56 Å². The van der Waals surface area contributed by atoms with Gasteiger partial charge in [-0.25, -0.2) is 4.98 Å². The van der Waals surface area contributed by atoms with Gasteiger partial charge in [-0.2, -0.15) is 0 Å². The summed E-state index contributed by atoms with van der Waals surface area (Å²) in [5.41, 5.74) is 1.59. The van der Waals surface area contributed by atoms with Crippen molar-refractivity contribution in [3.63, 3.8) is 0 Å². The van der Waals surface area contributed by atoms with Crippen LogP contribution in [-0.4, -0.2) is 21.2 Å². The van der Waals surface area contributed by atoms with Crippen molar-refractivity contribution in [3.8, 4) is 0 Å². The number of rotatable bonds is 5. The van der Waals surface area contributed by atoms with Crippen LogP contribution in [0, 0.1) is 6.92 Å². The molecule has 1 aromatic carbocycles. The molecule has 1 N–H and O–H groups in total. The van der Waals surface area contributed by atoms with Crippen LogP contribution in [0.1, 0.15) is 11.3 Å². The van der Waals surface area contributed by atoms with Crippen LogP contribution in [-0.2, 0) is 18.4 Å². The molecule has 1 heterocycles. The van der Waals surface area contributed by atoms with Crippen LogP contribution in [0.3, 0.4) is 0 Å². The molecule has 0 fully saturated rings. The highest BCUT2D eigenvalue weighted by atomic mass is 32.2. The Labute approximate surface area is 127 Å². The predicted molar refractivity (Wildman–Crippen MR) is 83.2 cm³/mol. The fourth-order valence-corrected chi connectivity index (χ4v) is 2.59. The molecule has 0 aliphatic carbocycles. The standard InChI is InChI=1S/C15H17N3O2S/c1-11-8-14(20)18(2)15(17-11)21-10-13(19)16-9-12-6-4-3-5-7-12/h3-8H,9-10H2,1-2H3,(H,16,19). The zero-order valence-corrected chi connectivity index (χ0v) is 12.8. The third kappa shape index (κ3) is 4.46. The Morgan fingerprint density at radius 3 is 2.76 bits per heavy atom. The second kappa shape index (κ2) is 7.08. The highest BCUT2D eigenvalue weighted by molar-refractivity contribution is 7.99. The molecule has 5 nitrogen and oxygen atoms in total. The molecule has 110 valence electrons. The largest absolute Gasteiger partial charge is 0.351 e. The van der Waals surface area contributed by atoms with Gasteiger partial charge in [0.2, 0.25) is 5.91 Å². The van der Waals surface area contributed by atoms with Gasteiger partial charge < -0.3 is 5.32 Å². The molecule has 0 unspecified atom stereocenters. The van der Waals surface area contributed by atoms with Crippen LogP contribution in [0.2, 0.25) is 0 Å². The number of thioether (sulfide) groups is 1. The molecule has 21 heavy (non-hydrogen) atoms. The average Bonchev–Trinajstić information content (AvgIpc) is 2.48. The third-order valence-electron chi connectivity index (χ3n) is 2.89. The Hall–Kier alpha value is -2.08. The fraction of sp³-hybridized carbons (Fsp3) is 0.267. The Kier molecular flexibility index (Phi) is 5.16. The first-order valence-corrected chi connectivity index (χ1v) is 7.53. The number of nitrogens with zero attached hydrogens (tertiary/aromatic N) is 2. The SMILES string of the molecule is Cc1cc(=O)n(C)c(SCC(=O)NCc2ccccc2)n1. The Balaban J connectivity index is 1.88. The monoisotopic (exact) mass is 303 g/mol. The van der Waals surface area contributed by atoms with Gasteiger partial charge in [0, 0.05) is 25.4 Å². The lowest BCUT2D eigenvalue weighted by Gasteiger charge is -2.08. The molecule has 0 spiro atoms. The summed E-state index contributed by atoms with van der Waals surface area (Å²) >= 11 is 1.26. The van der Waals surface area contributed by atoms with Crippen molar-refractivity contribution in [1.29, 1.82) is 0 Å². The second-order valence-electron chi connectivity index (χ2n) is 4.63. The third-order valence-corrected chi connectivity index (χ3v) is 3.92. The number of carbonyl (C=O) groups is 1. The summed E-state index contributed by atoms with van der Waals surface area (Å²) in [4.78, 5) is 27.7. The van der Waals surface area contributed by atoms with E-state index in [0.29, 0.717) is 17.4 Å². The van der Waals surface area contributed by atoms with Gasteiger partial charge in [-0.05, 0) is 12.5 Å². The van der Waals surface area contributed by atoms with Gasteiger partial charge in [-0.1, -0.05) is 42.1 Å². The molecule has 1 amide bonds. The van der Waals surface area contributed by atoms with Gasteiger partial charge in [0.15, 0.2) is 5.16 Å². The van der Waals surface area contributed by atoms with Crippen LogP contribution in [0.25, 0.3) is 0 Å². The summed E-state index contributed by atoms with van der Waals surface area (Å²) in [5, 5.41) is 3.39. The van der Waals surface area contributed by atoms with Gasteiger partial charge in [0.25, 0.3) is 5.56 Å². The topological polar surface area (TPSA) is 64.0 Å². The van der Waals surface area contributed by atoms with Crippen molar-refractivity contribution in [2.24, 2.45) is 7.05 Å². The van der Waals surface area contributed by atoms with Crippen molar-refractivity contribution >= 4 is 17.7 Å². The lowest BCUT2D eigenvalue weighted by Crippen LogP contribution is -2.25. The average molecular weight is 303 g/mol. The first kappa shape index (κ1) is 15.3. The summed E-state index contributed by atoms with van der Waals surface area (Å²) < 4.78 is 1.45.